The monoisotopic (exact) mass is 381 g/mol. The fourth-order valence-electron chi connectivity index (χ4n) is 2.42. The number of aryl methyl sites for hydroxylation is 1. The number of pyridine rings is 1. The van der Waals surface area contributed by atoms with Crippen molar-refractivity contribution in [2.45, 2.75) is 26.4 Å². The topological polar surface area (TPSA) is 81.2 Å². The molecule has 3 rings (SSSR count). The van der Waals surface area contributed by atoms with Gasteiger partial charge in [0.05, 0.1) is 12.1 Å². The van der Waals surface area contributed by atoms with Gasteiger partial charge in [0.1, 0.15) is 5.01 Å². The van der Waals surface area contributed by atoms with E-state index in [1.165, 1.54) is 11.3 Å². The van der Waals surface area contributed by atoms with Gasteiger partial charge in [-0.15, -0.1) is 11.3 Å². The quantitative estimate of drug-likeness (QED) is 0.660. The lowest BCUT2D eigenvalue weighted by molar-refractivity contribution is -0.152. The minimum absolute atomic E-state index is 0.0127. The molecule has 138 valence electrons. The summed E-state index contributed by atoms with van der Waals surface area (Å²) in [5.41, 5.74) is 3.21. The molecule has 0 aliphatic rings. The average molecular weight is 381 g/mol. The highest BCUT2D eigenvalue weighted by Gasteiger charge is 2.19. The number of ether oxygens (including phenoxy) is 1. The number of rotatable bonds is 6. The third-order valence-corrected chi connectivity index (χ3v) is 4.69. The van der Waals surface area contributed by atoms with Crippen LogP contribution in [0.15, 0.2) is 54.2 Å². The molecule has 7 heteroatoms. The standard InChI is InChI=1S/C20H19N3O3S/c1-13-5-3-7-16(9-13)22-19(25)14(2)26-18(24)10-17-12-27-20(23-17)15-6-4-8-21-11-15/h3-9,11-12,14H,10H2,1-2H3,(H,22,25)/t14-/m1/s1. The maximum atomic E-state index is 12.2. The predicted octanol–water partition coefficient (Wildman–Crippen LogP) is 3.63. The van der Waals surface area contributed by atoms with Crippen molar-refractivity contribution in [3.8, 4) is 10.6 Å². The van der Waals surface area contributed by atoms with E-state index in [1.807, 2.05) is 37.3 Å². The van der Waals surface area contributed by atoms with Gasteiger partial charge in [-0.2, -0.15) is 0 Å². The van der Waals surface area contributed by atoms with Crippen LogP contribution in [0.2, 0.25) is 0 Å². The van der Waals surface area contributed by atoms with E-state index in [-0.39, 0.29) is 12.3 Å². The normalized spacial score (nSPS) is 11.6. The largest absolute Gasteiger partial charge is 0.452 e. The van der Waals surface area contributed by atoms with Gasteiger partial charge in [-0.1, -0.05) is 12.1 Å². The van der Waals surface area contributed by atoms with E-state index >= 15 is 0 Å². The average Bonchev–Trinajstić information content (AvgIpc) is 3.10. The molecule has 1 aromatic carbocycles. The number of anilines is 1. The van der Waals surface area contributed by atoms with E-state index in [1.54, 1.807) is 30.8 Å². The number of benzene rings is 1. The number of carbonyl (C=O) groups excluding carboxylic acids is 2. The Bertz CT molecular complexity index is 940. The second-order valence-corrected chi connectivity index (χ2v) is 6.91. The van der Waals surface area contributed by atoms with Gasteiger partial charge in [0.2, 0.25) is 0 Å². The van der Waals surface area contributed by atoms with Crippen LogP contribution in [0.3, 0.4) is 0 Å². The van der Waals surface area contributed by atoms with Crippen LogP contribution in [-0.4, -0.2) is 27.9 Å². The van der Waals surface area contributed by atoms with Gasteiger partial charge in [-0.05, 0) is 43.7 Å². The second-order valence-electron chi connectivity index (χ2n) is 6.05. The van der Waals surface area contributed by atoms with Crippen LogP contribution in [-0.2, 0) is 20.7 Å². The lowest BCUT2D eigenvalue weighted by Gasteiger charge is -2.13. The molecule has 3 aromatic rings. The number of esters is 1. The summed E-state index contributed by atoms with van der Waals surface area (Å²) in [4.78, 5) is 32.8. The molecule has 0 unspecified atom stereocenters. The van der Waals surface area contributed by atoms with Crippen LogP contribution in [0.5, 0.6) is 0 Å². The van der Waals surface area contributed by atoms with Crippen LogP contribution >= 0.6 is 11.3 Å². The van der Waals surface area contributed by atoms with Crippen molar-refractivity contribution in [1.29, 1.82) is 0 Å². The number of carbonyl (C=O) groups is 2. The Labute approximate surface area is 161 Å². The summed E-state index contributed by atoms with van der Waals surface area (Å²) in [5, 5.41) is 5.34. The van der Waals surface area contributed by atoms with E-state index in [4.69, 9.17) is 4.74 Å². The highest BCUT2D eigenvalue weighted by molar-refractivity contribution is 7.13. The maximum Gasteiger partial charge on any atom is 0.312 e. The summed E-state index contributed by atoms with van der Waals surface area (Å²) in [5.74, 6) is -0.867. The van der Waals surface area contributed by atoms with Gasteiger partial charge >= 0.3 is 5.97 Å². The summed E-state index contributed by atoms with van der Waals surface area (Å²) < 4.78 is 5.23. The number of hydrogen-bond donors (Lipinski definition) is 1. The Morgan fingerprint density at radius 3 is 2.85 bits per heavy atom. The van der Waals surface area contributed by atoms with Crippen molar-refractivity contribution in [2.75, 3.05) is 5.32 Å². The summed E-state index contributed by atoms with van der Waals surface area (Å²) in [6.07, 6.45) is 2.53. The van der Waals surface area contributed by atoms with Gasteiger partial charge in [0, 0.05) is 29.0 Å². The minimum atomic E-state index is -0.894. The van der Waals surface area contributed by atoms with E-state index in [2.05, 4.69) is 15.3 Å². The molecule has 1 N–H and O–H groups in total. The molecular weight excluding hydrogens is 362 g/mol. The van der Waals surface area contributed by atoms with Gasteiger partial charge in [0.15, 0.2) is 6.10 Å². The van der Waals surface area contributed by atoms with Crippen LogP contribution in [0.4, 0.5) is 5.69 Å². The molecule has 0 saturated carbocycles. The highest BCUT2D eigenvalue weighted by Crippen LogP contribution is 2.23. The zero-order valence-corrected chi connectivity index (χ0v) is 15.8. The van der Waals surface area contributed by atoms with Gasteiger partial charge in [-0.25, -0.2) is 4.98 Å². The first kappa shape index (κ1) is 18.7. The number of aromatic nitrogens is 2. The Morgan fingerprint density at radius 1 is 1.26 bits per heavy atom. The fraction of sp³-hybridized carbons (Fsp3) is 0.200. The lowest BCUT2D eigenvalue weighted by atomic mass is 10.2. The smallest absolute Gasteiger partial charge is 0.312 e. The zero-order valence-electron chi connectivity index (χ0n) is 15.0. The van der Waals surface area contributed by atoms with Crippen molar-refractivity contribution in [2.24, 2.45) is 0 Å². The van der Waals surface area contributed by atoms with Crippen LogP contribution < -0.4 is 5.32 Å². The van der Waals surface area contributed by atoms with Crippen molar-refractivity contribution in [3.05, 3.63) is 65.4 Å². The van der Waals surface area contributed by atoms with E-state index in [0.717, 1.165) is 16.1 Å². The number of amides is 1. The molecule has 0 spiro atoms. The van der Waals surface area contributed by atoms with Gasteiger partial charge in [-0.3, -0.25) is 14.6 Å². The van der Waals surface area contributed by atoms with Crippen LogP contribution in [0.1, 0.15) is 18.2 Å². The Kier molecular flexibility index (Phi) is 5.93. The van der Waals surface area contributed by atoms with Crippen molar-refractivity contribution >= 4 is 28.9 Å². The Hall–Kier alpha value is -3.06. The Balaban J connectivity index is 1.54. The highest BCUT2D eigenvalue weighted by atomic mass is 32.1. The first-order chi connectivity index (χ1) is 13.0. The van der Waals surface area contributed by atoms with Crippen molar-refractivity contribution in [3.63, 3.8) is 0 Å². The lowest BCUT2D eigenvalue weighted by Crippen LogP contribution is -2.30. The van der Waals surface area contributed by atoms with Crippen molar-refractivity contribution < 1.29 is 14.3 Å². The first-order valence-electron chi connectivity index (χ1n) is 8.43. The third kappa shape index (κ3) is 5.21. The Morgan fingerprint density at radius 2 is 2.11 bits per heavy atom. The number of nitrogens with one attached hydrogen (secondary N) is 1. The molecule has 0 saturated heterocycles. The molecule has 0 aliphatic carbocycles. The zero-order chi connectivity index (χ0) is 19.2. The molecule has 1 amide bonds. The molecule has 0 radical (unpaired) electrons. The molecule has 2 heterocycles. The summed E-state index contributed by atoms with van der Waals surface area (Å²) in [6.45, 7) is 3.48. The number of hydrogen-bond acceptors (Lipinski definition) is 6. The molecule has 0 bridgehead atoms. The molecule has 0 fully saturated rings. The molecule has 1 atom stereocenters. The van der Waals surface area contributed by atoms with E-state index in [0.29, 0.717) is 11.4 Å². The molecule has 27 heavy (non-hydrogen) atoms. The van der Waals surface area contributed by atoms with E-state index < -0.39 is 12.1 Å². The second kappa shape index (κ2) is 8.55. The maximum absolute atomic E-state index is 12.2. The SMILES string of the molecule is Cc1cccc(NC(=O)[C@@H](C)OC(=O)Cc2csc(-c3cccnc3)n2)c1. The number of thiazole rings is 1. The molecular formula is C20H19N3O3S. The van der Waals surface area contributed by atoms with Crippen molar-refractivity contribution in [1.82, 2.24) is 9.97 Å². The van der Waals surface area contributed by atoms with E-state index in [9.17, 15) is 9.59 Å². The van der Waals surface area contributed by atoms with Gasteiger partial charge in [0.25, 0.3) is 5.91 Å². The first-order valence-corrected chi connectivity index (χ1v) is 9.31. The molecule has 6 nitrogen and oxygen atoms in total. The summed E-state index contributed by atoms with van der Waals surface area (Å²) in [6, 6.07) is 11.2. The number of nitrogens with zero attached hydrogens (tertiary/aromatic N) is 2. The predicted molar refractivity (Wildman–Crippen MR) is 104 cm³/mol. The molecule has 0 aliphatic heterocycles. The van der Waals surface area contributed by atoms with Crippen LogP contribution in [0.25, 0.3) is 10.6 Å². The fourth-order valence-corrected chi connectivity index (χ4v) is 3.23. The summed E-state index contributed by atoms with van der Waals surface area (Å²) >= 11 is 1.43. The van der Waals surface area contributed by atoms with Gasteiger partial charge < -0.3 is 10.1 Å². The van der Waals surface area contributed by atoms with Crippen LogP contribution in [0, 0.1) is 6.92 Å². The molecule has 2 aromatic heterocycles. The minimum Gasteiger partial charge on any atom is -0.452 e. The third-order valence-electron chi connectivity index (χ3n) is 3.75. The summed E-state index contributed by atoms with van der Waals surface area (Å²) in [7, 11) is 0.